The van der Waals surface area contributed by atoms with Crippen LogP contribution < -0.4 is 5.32 Å². The van der Waals surface area contributed by atoms with Crippen molar-refractivity contribution in [1.82, 2.24) is 10.2 Å². The summed E-state index contributed by atoms with van der Waals surface area (Å²) in [6.07, 6.45) is -4.97. The average Bonchev–Trinajstić information content (AvgIpc) is 2.67. The molecule has 0 radical (unpaired) electrons. The third-order valence-electron chi connectivity index (χ3n) is 4.74. The summed E-state index contributed by atoms with van der Waals surface area (Å²) in [5.74, 6) is -1.38. The van der Waals surface area contributed by atoms with Crippen LogP contribution in [0.2, 0.25) is 0 Å². The largest absolute Gasteiger partial charge is 0.416 e. The highest BCUT2D eigenvalue weighted by atomic mass is 19.4. The lowest BCUT2D eigenvalue weighted by atomic mass is 10.1. The van der Waals surface area contributed by atoms with Crippen LogP contribution in [0.15, 0.2) is 48.5 Å². The topological polar surface area (TPSA) is 41.6 Å². The molecule has 0 spiro atoms. The standard InChI is InChI=1S/C21H22F4N2O2/c22-17-7-6-16(19(10-17)21(23,24)25)12-26-20(28)11-18-14-27(8-9-29-18)13-15-4-2-1-3-5-15/h1-7,10,18H,8-9,11-14H2,(H,26,28). The summed E-state index contributed by atoms with van der Waals surface area (Å²) in [7, 11) is 0. The van der Waals surface area contributed by atoms with Gasteiger partial charge < -0.3 is 10.1 Å². The number of morpholine rings is 1. The van der Waals surface area contributed by atoms with Crippen LogP contribution in [-0.4, -0.2) is 36.6 Å². The molecule has 3 rings (SSSR count). The number of nitrogens with one attached hydrogen (secondary N) is 1. The summed E-state index contributed by atoms with van der Waals surface area (Å²) < 4.78 is 57.9. The Bertz CT molecular complexity index is 827. The van der Waals surface area contributed by atoms with Crippen molar-refractivity contribution < 1.29 is 27.1 Å². The molecule has 2 aromatic carbocycles. The van der Waals surface area contributed by atoms with E-state index in [0.717, 1.165) is 30.8 Å². The van der Waals surface area contributed by atoms with E-state index in [-0.39, 0.29) is 24.6 Å². The number of amides is 1. The number of alkyl halides is 3. The average molecular weight is 410 g/mol. The molecule has 1 atom stereocenters. The molecule has 1 fully saturated rings. The van der Waals surface area contributed by atoms with E-state index in [1.54, 1.807) is 0 Å². The fourth-order valence-corrected chi connectivity index (χ4v) is 3.33. The van der Waals surface area contributed by atoms with E-state index in [1.807, 2.05) is 30.3 Å². The molecular formula is C21H22F4N2O2. The Balaban J connectivity index is 1.52. The Hall–Kier alpha value is -2.45. The van der Waals surface area contributed by atoms with Gasteiger partial charge in [0.2, 0.25) is 5.91 Å². The van der Waals surface area contributed by atoms with E-state index < -0.39 is 23.5 Å². The normalized spacial score (nSPS) is 17.9. The minimum Gasteiger partial charge on any atom is -0.375 e. The molecule has 0 bridgehead atoms. The molecule has 156 valence electrons. The van der Waals surface area contributed by atoms with Crippen LogP contribution in [0.4, 0.5) is 17.6 Å². The second-order valence-electron chi connectivity index (χ2n) is 6.99. The molecule has 1 aliphatic heterocycles. The third-order valence-corrected chi connectivity index (χ3v) is 4.74. The zero-order valence-corrected chi connectivity index (χ0v) is 15.7. The van der Waals surface area contributed by atoms with E-state index in [1.165, 1.54) is 0 Å². The zero-order valence-electron chi connectivity index (χ0n) is 15.7. The highest BCUT2D eigenvalue weighted by Crippen LogP contribution is 2.32. The third kappa shape index (κ3) is 6.27. The van der Waals surface area contributed by atoms with Crippen molar-refractivity contribution in [2.45, 2.75) is 31.8 Å². The predicted molar refractivity (Wildman–Crippen MR) is 99.3 cm³/mol. The second-order valence-corrected chi connectivity index (χ2v) is 6.99. The first-order valence-electron chi connectivity index (χ1n) is 9.31. The predicted octanol–water partition coefficient (Wildman–Crippen LogP) is 3.75. The van der Waals surface area contributed by atoms with Gasteiger partial charge in [-0.1, -0.05) is 36.4 Å². The molecule has 2 aromatic rings. The van der Waals surface area contributed by atoms with Crippen molar-refractivity contribution in [1.29, 1.82) is 0 Å². The van der Waals surface area contributed by atoms with E-state index in [4.69, 9.17) is 4.74 Å². The van der Waals surface area contributed by atoms with E-state index in [0.29, 0.717) is 19.2 Å². The number of rotatable bonds is 6. The first-order valence-corrected chi connectivity index (χ1v) is 9.31. The summed E-state index contributed by atoms with van der Waals surface area (Å²) in [6, 6.07) is 12.3. The fourth-order valence-electron chi connectivity index (χ4n) is 3.33. The molecule has 0 aromatic heterocycles. The van der Waals surface area contributed by atoms with Gasteiger partial charge in [-0.3, -0.25) is 9.69 Å². The lowest BCUT2D eigenvalue weighted by Gasteiger charge is -2.32. The van der Waals surface area contributed by atoms with E-state index in [2.05, 4.69) is 10.2 Å². The molecule has 1 saturated heterocycles. The Morgan fingerprint density at radius 1 is 1.17 bits per heavy atom. The number of halogens is 4. The SMILES string of the molecule is O=C(CC1CN(Cc2ccccc2)CCO1)NCc1ccc(F)cc1C(F)(F)F. The molecule has 1 amide bonds. The maximum atomic E-state index is 13.2. The highest BCUT2D eigenvalue weighted by Gasteiger charge is 2.33. The Kier molecular flexibility index (Phi) is 6.87. The minimum absolute atomic E-state index is 0.0494. The van der Waals surface area contributed by atoms with Gasteiger partial charge in [0.1, 0.15) is 5.82 Å². The van der Waals surface area contributed by atoms with Crippen molar-refractivity contribution >= 4 is 5.91 Å². The van der Waals surface area contributed by atoms with Gasteiger partial charge in [-0.2, -0.15) is 13.2 Å². The maximum absolute atomic E-state index is 13.2. The van der Waals surface area contributed by atoms with Gasteiger partial charge in [-0.15, -0.1) is 0 Å². The van der Waals surface area contributed by atoms with Crippen molar-refractivity contribution in [3.8, 4) is 0 Å². The summed E-state index contributed by atoms with van der Waals surface area (Å²) in [5, 5.41) is 2.48. The Morgan fingerprint density at radius 3 is 2.66 bits per heavy atom. The van der Waals surface area contributed by atoms with Gasteiger partial charge in [-0.25, -0.2) is 4.39 Å². The van der Waals surface area contributed by atoms with Crippen LogP contribution in [0.1, 0.15) is 23.1 Å². The molecule has 0 saturated carbocycles. The number of ether oxygens (including phenoxy) is 1. The fraction of sp³-hybridized carbons (Fsp3) is 0.381. The minimum atomic E-state index is -4.69. The van der Waals surface area contributed by atoms with Gasteiger partial charge in [0.05, 0.1) is 24.7 Å². The molecular weight excluding hydrogens is 388 g/mol. The van der Waals surface area contributed by atoms with E-state index >= 15 is 0 Å². The van der Waals surface area contributed by atoms with Crippen LogP contribution in [0.5, 0.6) is 0 Å². The van der Waals surface area contributed by atoms with Crippen molar-refractivity contribution in [3.63, 3.8) is 0 Å². The number of carbonyl (C=O) groups is 1. The Labute approximate surface area is 166 Å². The number of carbonyl (C=O) groups excluding carboxylic acids is 1. The first-order chi connectivity index (χ1) is 13.8. The lowest BCUT2D eigenvalue weighted by molar-refractivity contribution is -0.138. The van der Waals surface area contributed by atoms with Gasteiger partial charge >= 0.3 is 6.18 Å². The van der Waals surface area contributed by atoms with Crippen molar-refractivity contribution in [2.75, 3.05) is 19.7 Å². The highest BCUT2D eigenvalue weighted by molar-refractivity contribution is 5.76. The van der Waals surface area contributed by atoms with Crippen LogP contribution in [0, 0.1) is 5.82 Å². The molecule has 1 heterocycles. The number of nitrogens with zero attached hydrogens (tertiary/aromatic N) is 1. The molecule has 1 aliphatic rings. The summed E-state index contributed by atoms with van der Waals surface area (Å²) >= 11 is 0. The van der Waals surface area contributed by atoms with Crippen LogP contribution in [-0.2, 0) is 28.8 Å². The van der Waals surface area contributed by atoms with Gasteiger partial charge in [0.15, 0.2) is 0 Å². The Morgan fingerprint density at radius 2 is 1.93 bits per heavy atom. The smallest absolute Gasteiger partial charge is 0.375 e. The van der Waals surface area contributed by atoms with Crippen LogP contribution in [0.3, 0.4) is 0 Å². The lowest BCUT2D eigenvalue weighted by Crippen LogP contribution is -2.44. The molecule has 1 N–H and O–H groups in total. The summed E-state index contributed by atoms with van der Waals surface area (Å²) in [4.78, 5) is 14.4. The number of hydrogen-bond donors (Lipinski definition) is 1. The van der Waals surface area contributed by atoms with E-state index in [9.17, 15) is 22.4 Å². The molecule has 0 aliphatic carbocycles. The first kappa shape index (κ1) is 21.3. The zero-order chi connectivity index (χ0) is 20.9. The van der Waals surface area contributed by atoms with Gasteiger partial charge in [0.25, 0.3) is 0 Å². The molecule has 8 heteroatoms. The monoisotopic (exact) mass is 410 g/mol. The molecule has 1 unspecified atom stereocenters. The summed E-state index contributed by atoms with van der Waals surface area (Å²) in [5.41, 5.74) is -0.100. The van der Waals surface area contributed by atoms with Crippen LogP contribution >= 0.6 is 0 Å². The van der Waals surface area contributed by atoms with Gasteiger partial charge in [0, 0.05) is 26.2 Å². The molecule has 4 nitrogen and oxygen atoms in total. The number of hydrogen-bond acceptors (Lipinski definition) is 3. The van der Waals surface area contributed by atoms with Crippen LogP contribution in [0.25, 0.3) is 0 Å². The summed E-state index contributed by atoms with van der Waals surface area (Å²) in [6.45, 7) is 2.21. The molecule has 29 heavy (non-hydrogen) atoms. The van der Waals surface area contributed by atoms with Gasteiger partial charge in [-0.05, 0) is 23.3 Å². The maximum Gasteiger partial charge on any atom is 0.416 e. The second kappa shape index (κ2) is 9.37. The van der Waals surface area contributed by atoms with Crippen molar-refractivity contribution in [3.05, 3.63) is 71.0 Å². The van der Waals surface area contributed by atoms with Crippen molar-refractivity contribution in [2.24, 2.45) is 0 Å². The quantitative estimate of drug-likeness (QED) is 0.738. The number of benzene rings is 2.